The van der Waals surface area contributed by atoms with Crippen molar-refractivity contribution >= 4 is 5.97 Å². The smallest absolute Gasteiger partial charge is 0.323 e. The molecule has 0 radical (unpaired) electrons. The predicted octanol–water partition coefficient (Wildman–Crippen LogP) is 0.316. The molecule has 0 aromatic heterocycles. The van der Waals surface area contributed by atoms with E-state index < -0.39 is 0 Å². The van der Waals surface area contributed by atoms with Crippen molar-refractivity contribution in [3.63, 3.8) is 0 Å². The predicted molar refractivity (Wildman–Crippen MR) is 50.9 cm³/mol. The molecule has 1 aliphatic carbocycles. The maximum atomic E-state index is 11.5. The molecule has 80 valence electrons. The fraction of sp³-hybridized carbons (Fsp3) is 0.900. The molecule has 14 heavy (non-hydrogen) atoms. The maximum Gasteiger partial charge on any atom is 0.323 e. The van der Waals surface area contributed by atoms with Crippen molar-refractivity contribution in [1.29, 1.82) is 0 Å². The van der Waals surface area contributed by atoms with Crippen LogP contribution in [0.15, 0.2) is 0 Å². The zero-order chi connectivity index (χ0) is 9.97. The van der Waals surface area contributed by atoms with E-state index in [2.05, 4.69) is 5.32 Å². The summed E-state index contributed by atoms with van der Waals surface area (Å²) in [6, 6.07) is -0.154. The molecule has 4 heteroatoms. The summed E-state index contributed by atoms with van der Waals surface area (Å²) < 4.78 is 10.3. The van der Waals surface area contributed by atoms with Crippen molar-refractivity contribution in [3.8, 4) is 0 Å². The second-order valence-corrected chi connectivity index (χ2v) is 4.13. The number of hydrogen-bond donors (Lipinski definition) is 1. The van der Waals surface area contributed by atoms with Crippen LogP contribution in [0, 0.1) is 5.92 Å². The minimum absolute atomic E-state index is 0.114. The molecule has 2 atom stereocenters. The van der Waals surface area contributed by atoms with Crippen LogP contribution < -0.4 is 5.32 Å². The standard InChI is InChI=1S/C10H17NO3/c1-13-8-4-9(11-5-8)10(12)14-6-7-2-3-7/h7-9,11H,2-6H2,1H3. The van der Waals surface area contributed by atoms with E-state index in [1.165, 1.54) is 12.8 Å². The van der Waals surface area contributed by atoms with E-state index >= 15 is 0 Å². The normalized spacial score (nSPS) is 31.8. The summed E-state index contributed by atoms with van der Waals surface area (Å²) in [6.07, 6.45) is 3.33. The summed E-state index contributed by atoms with van der Waals surface area (Å²) in [5.41, 5.74) is 0. The Morgan fingerprint density at radius 1 is 1.50 bits per heavy atom. The molecule has 1 saturated heterocycles. The lowest BCUT2D eigenvalue weighted by molar-refractivity contribution is -0.146. The zero-order valence-electron chi connectivity index (χ0n) is 8.49. The second kappa shape index (κ2) is 4.28. The summed E-state index contributed by atoms with van der Waals surface area (Å²) in [7, 11) is 1.67. The molecule has 0 aromatic carbocycles. The zero-order valence-corrected chi connectivity index (χ0v) is 8.49. The van der Waals surface area contributed by atoms with Gasteiger partial charge in [-0.3, -0.25) is 4.79 Å². The van der Waals surface area contributed by atoms with Gasteiger partial charge in [0.25, 0.3) is 0 Å². The third kappa shape index (κ3) is 2.45. The highest BCUT2D eigenvalue weighted by atomic mass is 16.5. The maximum absolute atomic E-state index is 11.5. The van der Waals surface area contributed by atoms with Crippen molar-refractivity contribution < 1.29 is 14.3 Å². The van der Waals surface area contributed by atoms with Gasteiger partial charge in [0.1, 0.15) is 6.04 Å². The lowest BCUT2D eigenvalue weighted by atomic mass is 10.2. The van der Waals surface area contributed by atoms with Crippen LogP contribution in [0.5, 0.6) is 0 Å². The lowest BCUT2D eigenvalue weighted by Gasteiger charge is -2.09. The van der Waals surface area contributed by atoms with Crippen molar-refractivity contribution in [1.82, 2.24) is 5.32 Å². The molecule has 0 aromatic rings. The van der Waals surface area contributed by atoms with Gasteiger partial charge in [-0.15, -0.1) is 0 Å². The SMILES string of the molecule is COC1CNC(C(=O)OCC2CC2)C1. The number of nitrogens with one attached hydrogen (secondary N) is 1. The highest BCUT2D eigenvalue weighted by molar-refractivity contribution is 5.76. The monoisotopic (exact) mass is 199 g/mol. The summed E-state index contributed by atoms with van der Waals surface area (Å²) in [6.45, 7) is 1.36. The molecular formula is C10H17NO3. The average molecular weight is 199 g/mol. The number of rotatable bonds is 4. The van der Waals surface area contributed by atoms with E-state index in [0.29, 0.717) is 12.5 Å². The largest absolute Gasteiger partial charge is 0.464 e. The van der Waals surface area contributed by atoms with Gasteiger partial charge in [0, 0.05) is 20.1 Å². The number of esters is 1. The quantitative estimate of drug-likeness (QED) is 0.662. The highest BCUT2D eigenvalue weighted by Gasteiger charge is 2.31. The van der Waals surface area contributed by atoms with Crippen molar-refractivity contribution in [2.24, 2.45) is 5.92 Å². The molecule has 4 nitrogen and oxygen atoms in total. The molecule has 0 amide bonds. The number of carbonyl (C=O) groups is 1. The summed E-state index contributed by atoms with van der Waals surface area (Å²) >= 11 is 0. The van der Waals surface area contributed by atoms with E-state index in [1.54, 1.807) is 7.11 Å². The third-order valence-electron chi connectivity index (χ3n) is 2.87. The van der Waals surface area contributed by atoms with Crippen LogP contribution in [0.25, 0.3) is 0 Å². The number of ether oxygens (including phenoxy) is 2. The minimum atomic E-state index is -0.154. The fourth-order valence-electron chi connectivity index (χ4n) is 1.65. The highest BCUT2D eigenvalue weighted by Crippen LogP contribution is 2.29. The molecule has 2 rings (SSSR count). The van der Waals surface area contributed by atoms with Gasteiger partial charge < -0.3 is 14.8 Å². The van der Waals surface area contributed by atoms with E-state index in [0.717, 1.165) is 13.0 Å². The molecule has 2 fully saturated rings. The minimum Gasteiger partial charge on any atom is -0.464 e. The van der Waals surface area contributed by atoms with Crippen LogP contribution in [0.1, 0.15) is 19.3 Å². The summed E-state index contributed by atoms with van der Waals surface area (Å²) in [4.78, 5) is 11.5. The Labute approximate surface area is 84.0 Å². The molecular weight excluding hydrogens is 182 g/mol. The molecule has 2 unspecified atom stereocenters. The Bertz CT molecular complexity index is 215. The lowest BCUT2D eigenvalue weighted by Crippen LogP contribution is -2.32. The topological polar surface area (TPSA) is 47.6 Å². The van der Waals surface area contributed by atoms with Gasteiger partial charge in [-0.25, -0.2) is 0 Å². The molecule has 0 spiro atoms. The van der Waals surface area contributed by atoms with Gasteiger partial charge in [-0.1, -0.05) is 0 Å². The summed E-state index contributed by atoms with van der Waals surface area (Å²) in [5.74, 6) is 0.523. The number of methoxy groups -OCH3 is 1. The molecule has 1 heterocycles. The molecule has 1 saturated carbocycles. The van der Waals surface area contributed by atoms with Crippen molar-refractivity contribution in [2.45, 2.75) is 31.4 Å². The van der Waals surface area contributed by atoms with Crippen LogP contribution in [-0.2, 0) is 14.3 Å². The van der Waals surface area contributed by atoms with E-state index in [-0.39, 0.29) is 18.1 Å². The Hall–Kier alpha value is -0.610. The van der Waals surface area contributed by atoms with E-state index in [9.17, 15) is 4.79 Å². The Balaban J connectivity index is 1.69. The second-order valence-electron chi connectivity index (χ2n) is 4.13. The first-order valence-electron chi connectivity index (χ1n) is 5.22. The average Bonchev–Trinajstić information content (AvgIpc) is 2.90. The van der Waals surface area contributed by atoms with Crippen LogP contribution in [0.3, 0.4) is 0 Å². The fourth-order valence-corrected chi connectivity index (χ4v) is 1.65. The summed E-state index contributed by atoms with van der Waals surface area (Å²) in [5, 5.41) is 3.10. The van der Waals surface area contributed by atoms with Crippen molar-refractivity contribution in [2.75, 3.05) is 20.3 Å². The molecule has 2 aliphatic rings. The van der Waals surface area contributed by atoms with Gasteiger partial charge in [0.2, 0.25) is 0 Å². The first kappa shape index (κ1) is 9.93. The first-order valence-corrected chi connectivity index (χ1v) is 5.22. The van der Waals surface area contributed by atoms with Gasteiger partial charge in [-0.05, 0) is 18.8 Å². The van der Waals surface area contributed by atoms with Crippen molar-refractivity contribution in [3.05, 3.63) is 0 Å². The third-order valence-corrected chi connectivity index (χ3v) is 2.87. The first-order chi connectivity index (χ1) is 6.79. The molecule has 0 bridgehead atoms. The Morgan fingerprint density at radius 2 is 2.29 bits per heavy atom. The number of hydrogen-bond acceptors (Lipinski definition) is 4. The van der Waals surface area contributed by atoms with Crippen LogP contribution in [0.4, 0.5) is 0 Å². The van der Waals surface area contributed by atoms with Crippen LogP contribution in [-0.4, -0.2) is 38.4 Å². The Kier molecular flexibility index (Phi) is 3.03. The van der Waals surface area contributed by atoms with Crippen LogP contribution in [0.2, 0.25) is 0 Å². The van der Waals surface area contributed by atoms with Gasteiger partial charge in [0.05, 0.1) is 12.7 Å². The molecule has 1 aliphatic heterocycles. The molecule has 1 N–H and O–H groups in total. The van der Waals surface area contributed by atoms with Gasteiger partial charge in [-0.2, -0.15) is 0 Å². The van der Waals surface area contributed by atoms with E-state index in [4.69, 9.17) is 9.47 Å². The van der Waals surface area contributed by atoms with Crippen LogP contribution >= 0.6 is 0 Å². The van der Waals surface area contributed by atoms with Gasteiger partial charge >= 0.3 is 5.97 Å². The Morgan fingerprint density at radius 3 is 2.86 bits per heavy atom. The van der Waals surface area contributed by atoms with Gasteiger partial charge in [0.15, 0.2) is 0 Å². The number of carbonyl (C=O) groups excluding carboxylic acids is 1. The van der Waals surface area contributed by atoms with E-state index in [1.807, 2.05) is 0 Å².